The lowest BCUT2D eigenvalue weighted by molar-refractivity contribution is -0.192. The van der Waals surface area contributed by atoms with E-state index in [0.717, 1.165) is 5.39 Å². The molecule has 3 atom stereocenters. The van der Waals surface area contributed by atoms with Crippen molar-refractivity contribution in [1.82, 2.24) is 25.9 Å². The second kappa shape index (κ2) is 17.1. The summed E-state index contributed by atoms with van der Waals surface area (Å²) in [6.45, 7) is 3.67. The van der Waals surface area contributed by atoms with Gasteiger partial charge in [-0.05, 0) is 55.5 Å². The van der Waals surface area contributed by atoms with E-state index in [0.29, 0.717) is 30.7 Å². The zero-order valence-electron chi connectivity index (χ0n) is 26.8. The van der Waals surface area contributed by atoms with E-state index in [1.54, 1.807) is 24.3 Å². The molecule has 0 spiro atoms. The summed E-state index contributed by atoms with van der Waals surface area (Å²) >= 11 is 0. The van der Waals surface area contributed by atoms with Crippen LogP contribution in [-0.4, -0.2) is 89.0 Å². The van der Waals surface area contributed by atoms with E-state index in [9.17, 15) is 37.1 Å². The molecular weight excluding hydrogens is 655 g/mol. The number of carboxylic acids is 1. The zero-order valence-corrected chi connectivity index (χ0v) is 26.8. The van der Waals surface area contributed by atoms with E-state index in [2.05, 4.69) is 25.9 Å². The normalized spacial score (nSPS) is 15.3. The van der Waals surface area contributed by atoms with E-state index in [1.807, 2.05) is 19.9 Å². The highest BCUT2D eigenvalue weighted by atomic mass is 19.4. The van der Waals surface area contributed by atoms with Crippen LogP contribution in [0.2, 0.25) is 0 Å². The minimum absolute atomic E-state index is 0.0269. The molecule has 264 valence electrons. The number of nitrogens with zero attached hydrogens (tertiary/aromatic N) is 1. The van der Waals surface area contributed by atoms with E-state index >= 15 is 0 Å². The van der Waals surface area contributed by atoms with Gasteiger partial charge in [-0.15, -0.1) is 0 Å². The highest BCUT2D eigenvalue weighted by Crippen LogP contribution is 2.26. The Morgan fingerprint density at radius 2 is 1.80 bits per heavy atom. The van der Waals surface area contributed by atoms with Crippen LogP contribution in [0.5, 0.6) is 5.75 Å². The lowest BCUT2D eigenvalue weighted by Gasteiger charge is -2.25. The second-order valence-corrected chi connectivity index (χ2v) is 11.4. The molecule has 17 heteroatoms. The predicted octanol–water partition coefficient (Wildman–Crippen LogP) is 2.79. The molecule has 1 aliphatic rings. The first-order valence-electron chi connectivity index (χ1n) is 15.0. The molecule has 1 aromatic carbocycles. The van der Waals surface area contributed by atoms with Crippen LogP contribution in [0.25, 0.3) is 10.9 Å². The number of ketones is 1. The number of fused-ring (bicyclic) bond motifs is 1. The van der Waals surface area contributed by atoms with Crippen LogP contribution in [0, 0.1) is 11.8 Å². The van der Waals surface area contributed by atoms with Crippen molar-refractivity contribution in [3.05, 3.63) is 60.0 Å². The monoisotopic (exact) mass is 691 g/mol. The maximum absolute atomic E-state index is 13.5. The van der Waals surface area contributed by atoms with Crippen molar-refractivity contribution >= 4 is 46.3 Å². The number of carbonyl (C=O) groups excluding carboxylic acids is 5. The van der Waals surface area contributed by atoms with Gasteiger partial charge in [0.2, 0.25) is 11.8 Å². The number of esters is 1. The molecular formula is C32H36F3N5O9. The van der Waals surface area contributed by atoms with E-state index in [1.165, 1.54) is 25.6 Å². The molecule has 0 aliphatic carbocycles. The molecule has 1 saturated heterocycles. The maximum atomic E-state index is 13.5. The van der Waals surface area contributed by atoms with Crippen molar-refractivity contribution in [3.8, 4) is 5.75 Å². The molecule has 1 fully saturated rings. The van der Waals surface area contributed by atoms with Crippen molar-refractivity contribution in [2.75, 3.05) is 20.3 Å². The molecule has 5 N–H and O–H groups in total. The minimum Gasteiger partial charge on any atom is -0.496 e. The average Bonchev–Trinajstić information content (AvgIpc) is 3.68. The first-order chi connectivity index (χ1) is 23.1. The Balaban J connectivity index is 0.000000838. The van der Waals surface area contributed by atoms with Gasteiger partial charge in [-0.25, -0.2) is 9.59 Å². The average molecular weight is 692 g/mol. The number of carboxylic acid groups (broad SMARTS) is 1. The molecule has 0 unspecified atom stereocenters. The number of H-pyrrole nitrogens is 1. The molecule has 14 nitrogen and oxygen atoms in total. The number of hydrogen-bond acceptors (Lipinski definition) is 9. The van der Waals surface area contributed by atoms with Gasteiger partial charge in [0.25, 0.3) is 5.91 Å². The fraction of sp³-hybridized carbons (Fsp3) is 0.406. The molecule has 3 aromatic rings. The first-order valence-corrected chi connectivity index (χ1v) is 15.0. The minimum atomic E-state index is -5.08. The number of hydrogen-bond donors (Lipinski definition) is 5. The second-order valence-electron chi connectivity index (χ2n) is 11.4. The quantitative estimate of drug-likeness (QED) is 0.166. The summed E-state index contributed by atoms with van der Waals surface area (Å²) in [4.78, 5) is 80.4. The van der Waals surface area contributed by atoms with Crippen molar-refractivity contribution in [3.63, 3.8) is 0 Å². The third kappa shape index (κ3) is 11.0. The van der Waals surface area contributed by atoms with Crippen LogP contribution in [0.1, 0.15) is 54.0 Å². The number of pyridine rings is 1. The molecule has 4 rings (SSSR count). The highest BCUT2D eigenvalue weighted by molar-refractivity contribution is 6.02. The van der Waals surface area contributed by atoms with Gasteiger partial charge in [-0.1, -0.05) is 19.9 Å². The number of alkyl halides is 3. The van der Waals surface area contributed by atoms with Crippen LogP contribution in [0.15, 0.2) is 48.8 Å². The van der Waals surface area contributed by atoms with Crippen molar-refractivity contribution in [2.24, 2.45) is 11.8 Å². The number of carbonyl (C=O) groups is 6. The summed E-state index contributed by atoms with van der Waals surface area (Å²) in [6.07, 6.45) is -1.43. The first kappa shape index (κ1) is 38.0. The molecule has 3 heterocycles. The van der Waals surface area contributed by atoms with Gasteiger partial charge in [0, 0.05) is 35.8 Å². The number of aromatic nitrogens is 2. The summed E-state index contributed by atoms with van der Waals surface area (Å²) in [6, 6.07) is 8.01. The summed E-state index contributed by atoms with van der Waals surface area (Å²) < 4.78 is 42.3. The van der Waals surface area contributed by atoms with Gasteiger partial charge >= 0.3 is 18.1 Å². The lowest BCUT2D eigenvalue weighted by Crippen LogP contribution is -2.53. The number of aromatic amines is 1. The third-order valence-electron chi connectivity index (χ3n) is 7.29. The molecule has 0 radical (unpaired) electrons. The lowest BCUT2D eigenvalue weighted by atomic mass is 9.95. The smallest absolute Gasteiger partial charge is 0.490 e. The molecule has 0 bridgehead atoms. The zero-order chi connectivity index (χ0) is 36.3. The number of methoxy groups -OCH3 is 1. The van der Waals surface area contributed by atoms with E-state index < -0.39 is 60.3 Å². The number of ether oxygens (including phenoxy) is 2. The Morgan fingerprint density at radius 1 is 1.08 bits per heavy atom. The number of aliphatic carboxylic acids is 1. The Hall–Kier alpha value is -5.48. The largest absolute Gasteiger partial charge is 0.496 e. The van der Waals surface area contributed by atoms with Gasteiger partial charge in [-0.2, -0.15) is 13.2 Å². The number of nitrogens with one attached hydrogen (secondary N) is 4. The number of benzene rings is 1. The Bertz CT molecular complexity index is 1660. The number of Topliss-reactive ketones (excluding diaryl/α,β-unsaturated/α-hetero) is 1. The van der Waals surface area contributed by atoms with Crippen molar-refractivity contribution < 1.29 is 56.5 Å². The summed E-state index contributed by atoms with van der Waals surface area (Å²) in [5, 5.41) is 16.1. The van der Waals surface area contributed by atoms with Gasteiger partial charge in [-0.3, -0.25) is 24.2 Å². The van der Waals surface area contributed by atoms with Crippen LogP contribution < -0.4 is 20.7 Å². The molecule has 1 aliphatic heterocycles. The summed E-state index contributed by atoms with van der Waals surface area (Å²) in [5.41, 5.74) is 1.12. The summed E-state index contributed by atoms with van der Waals surface area (Å²) in [7, 11) is 1.54. The van der Waals surface area contributed by atoms with Crippen LogP contribution in [0.4, 0.5) is 13.2 Å². The molecule has 3 amide bonds. The van der Waals surface area contributed by atoms with E-state index in [4.69, 9.17) is 19.4 Å². The van der Waals surface area contributed by atoms with E-state index in [-0.39, 0.29) is 29.5 Å². The van der Waals surface area contributed by atoms with Gasteiger partial charge < -0.3 is 35.5 Å². The van der Waals surface area contributed by atoms with Crippen molar-refractivity contribution in [2.45, 2.75) is 51.4 Å². The fourth-order valence-corrected chi connectivity index (χ4v) is 4.87. The van der Waals surface area contributed by atoms with Gasteiger partial charge in [0.1, 0.15) is 17.5 Å². The topological polar surface area (TPSA) is 206 Å². The van der Waals surface area contributed by atoms with Crippen LogP contribution in [-0.2, 0) is 23.9 Å². The number of halogens is 3. The van der Waals surface area contributed by atoms with Crippen molar-refractivity contribution in [1.29, 1.82) is 0 Å². The third-order valence-corrected chi connectivity index (χ3v) is 7.29. The maximum Gasteiger partial charge on any atom is 0.490 e. The Morgan fingerprint density at radius 3 is 2.37 bits per heavy atom. The fourth-order valence-electron chi connectivity index (χ4n) is 4.87. The van der Waals surface area contributed by atoms with Gasteiger partial charge in [0.05, 0.1) is 18.7 Å². The predicted molar refractivity (Wildman–Crippen MR) is 166 cm³/mol. The van der Waals surface area contributed by atoms with Gasteiger partial charge in [0.15, 0.2) is 12.4 Å². The molecule has 49 heavy (non-hydrogen) atoms. The molecule has 2 aromatic heterocycles. The van der Waals surface area contributed by atoms with Crippen LogP contribution in [0.3, 0.4) is 0 Å². The Labute approximate surface area is 278 Å². The highest BCUT2D eigenvalue weighted by Gasteiger charge is 2.38. The SMILES string of the molecule is COc1cccc2[nH]c(C(=O)N[C@@H](CC(C)C)C(=O)N[C@@H](C[C@@H]3CCNC3=O)C(=O)COC(=O)c3cccnc3)cc12.O=C(O)C(F)(F)F. The Kier molecular flexibility index (Phi) is 13.2. The number of amides is 3. The standard InChI is InChI=1S/C30H35N5O7.C2HF3O2/c1-17(2)12-23(35-29(39)24-14-20-21(33-24)7-4-8-26(20)41-3)28(38)34-22(13-18-9-11-32-27(18)37)25(36)16-42-30(40)19-6-5-10-31-15-19;3-2(4,5)1(6)7/h4-8,10,14-15,17-18,22-23,33H,9,11-13,16H2,1-3H3,(H,32,37)(H,34,38)(H,35,39);(H,6,7)/t18-,22-,23-;/m0./s1. The van der Waals surface area contributed by atoms with Crippen LogP contribution >= 0.6 is 0 Å². The molecule has 0 saturated carbocycles. The number of rotatable bonds is 13. The summed E-state index contributed by atoms with van der Waals surface area (Å²) in [5.74, 6) is -5.23.